The van der Waals surface area contributed by atoms with Gasteiger partial charge >= 0.3 is 6.18 Å². The van der Waals surface area contributed by atoms with E-state index >= 15 is 0 Å². The summed E-state index contributed by atoms with van der Waals surface area (Å²) >= 11 is 0. The molecule has 2 nitrogen and oxygen atoms in total. The van der Waals surface area contributed by atoms with Crippen LogP contribution in [0.5, 0.6) is 5.75 Å². The van der Waals surface area contributed by atoms with Crippen LogP contribution in [0, 0.1) is 5.92 Å². The van der Waals surface area contributed by atoms with E-state index in [-0.39, 0.29) is 17.8 Å². The lowest BCUT2D eigenvalue weighted by Crippen LogP contribution is -2.49. The van der Waals surface area contributed by atoms with Crippen molar-refractivity contribution in [1.82, 2.24) is 5.32 Å². The molecule has 5 heteroatoms. The van der Waals surface area contributed by atoms with Gasteiger partial charge in [-0.3, -0.25) is 0 Å². The molecular weight excluding hydrogens is 231 g/mol. The smallest absolute Gasteiger partial charge is 0.419 e. The Bertz CT molecular complexity index is 388. The van der Waals surface area contributed by atoms with E-state index in [1.807, 2.05) is 0 Å². The Kier molecular flexibility index (Phi) is 3.28. The minimum atomic E-state index is -4.37. The molecule has 0 bridgehead atoms. The van der Waals surface area contributed by atoms with Gasteiger partial charge in [0.05, 0.1) is 5.56 Å². The molecule has 1 fully saturated rings. The zero-order valence-corrected chi connectivity index (χ0v) is 9.42. The van der Waals surface area contributed by atoms with Gasteiger partial charge in [0.25, 0.3) is 0 Å². The molecule has 0 aromatic heterocycles. The van der Waals surface area contributed by atoms with Gasteiger partial charge in [-0.1, -0.05) is 12.1 Å². The number of nitrogens with one attached hydrogen (secondary N) is 1. The monoisotopic (exact) mass is 245 g/mol. The van der Waals surface area contributed by atoms with Crippen LogP contribution in [0.4, 0.5) is 13.2 Å². The van der Waals surface area contributed by atoms with Crippen LogP contribution in [-0.4, -0.2) is 19.2 Å². The maximum atomic E-state index is 12.7. The molecule has 0 saturated carbocycles. The second kappa shape index (κ2) is 4.56. The summed E-state index contributed by atoms with van der Waals surface area (Å²) in [5, 5.41) is 3.07. The van der Waals surface area contributed by atoms with Crippen molar-refractivity contribution in [3.8, 4) is 5.75 Å². The zero-order valence-electron chi connectivity index (χ0n) is 9.42. The maximum absolute atomic E-state index is 12.7. The first-order valence-electron chi connectivity index (χ1n) is 5.52. The van der Waals surface area contributed by atoms with Crippen LogP contribution >= 0.6 is 0 Å². The highest BCUT2D eigenvalue weighted by atomic mass is 19.4. The summed E-state index contributed by atoms with van der Waals surface area (Å²) < 4.78 is 43.5. The van der Waals surface area contributed by atoms with Gasteiger partial charge in [0.2, 0.25) is 0 Å². The van der Waals surface area contributed by atoms with Crippen molar-refractivity contribution >= 4 is 0 Å². The summed E-state index contributed by atoms with van der Waals surface area (Å²) in [4.78, 5) is 0. The highest BCUT2D eigenvalue weighted by Gasteiger charge is 2.35. The van der Waals surface area contributed by atoms with Gasteiger partial charge in [0, 0.05) is 19.0 Å². The molecule has 0 aliphatic carbocycles. The van der Waals surface area contributed by atoms with Gasteiger partial charge in [-0.15, -0.1) is 0 Å². The van der Waals surface area contributed by atoms with Crippen molar-refractivity contribution < 1.29 is 17.9 Å². The number of benzene rings is 1. The minimum absolute atomic E-state index is 0.0839. The topological polar surface area (TPSA) is 21.3 Å². The van der Waals surface area contributed by atoms with E-state index < -0.39 is 11.7 Å². The zero-order chi connectivity index (χ0) is 12.5. The quantitative estimate of drug-likeness (QED) is 0.884. The van der Waals surface area contributed by atoms with E-state index in [1.54, 1.807) is 13.0 Å². The molecule has 1 aromatic carbocycles. The lowest BCUT2D eigenvalue weighted by Gasteiger charge is -2.33. The number of hydrogen-bond donors (Lipinski definition) is 1. The Labute approximate surface area is 97.8 Å². The van der Waals surface area contributed by atoms with Crippen molar-refractivity contribution in [1.29, 1.82) is 0 Å². The first kappa shape index (κ1) is 12.2. The van der Waals surface area contributed by atoms with E-state index in [0.717, 1.165) is 19.2 Å². The third-order valence-electron chi connectivity index (χ3n) is 2.98. The van der Waals surface area contributed by atoms with E-state index in [4.69, 9.17) is 4.74 Å². The van der Waals surface area contributed by atoms with E-state index in [2.05, 4.69) is 5.32 Å². The average molecular weight is 245 g/mol. The van der Waals surface area contributed by atoms with Crippen LogP contribution in [0.15, 0.2) is 24.3 Å². The maximum Gasteiger partial charge on any atom is 0.419 e. The molecule has 1 heterocycles. The third-order valence-corrected chi connectivity index (χ3v) is 2.98. The van der Waals surface area contributed by atoms with Crippen molar-refractivity contribution in [3.05, 3.63) is 29.8 Å². The Balaban J connectivity index is 2.14. The van der Waals surface area contributed by atoms with Crippen molar-refractivity contribution in [2.45, 2.75) is 19.2 Å². The van der Waals surface area contributed by atoms with Crippen LogP contribution in [-0.2, 0) is 6.18 Å². The van der Waals surface area contributed by atoms with Gasteiger partial charge in [-0.05, 0) is 19.1 Å². The number of alkyl halides is 3. The lowest BCUT2D eigenvalue weighted by atomic mass is 9.97. The van der Waals surface area contributed by atoms with Gasteiger partial charge in [-0.25, -0.2) is 0 Å². The molecule has 17 heavy (non-hydrogen) atoms. The average Bonchev–Trinajstić information content (AvgIpc) is 2.13. The van der Waals surface area contributed by atoms with E-state index in [1.165, 1.54) is 12.1 Å². The van der Waals surface area contributed by atoms with Gasteiger partial charge in [0.1, 0.15) is 11.9 Å². The van der Waals surface area contributed by atoms with Crippen molar-refractivity contribution in [3.63, 3.8) is 0 Å². The number of halogens is 3. The summed E-state index contributed by atoms with van der Waals surface area (Å²) in [6.45, 7) is 3.41. The molecule has 0 spiro atoms. The SMILES string of the molecule is CC(Oc1ccccc1C(F)(F)F)C1CNC1. The molecule has 1 unspecified atom stereocenters. The molecule has 0 radical (unpaired) electrons. The summed E-state index contributed by atoms with van der Waals surface area (Å²) in [5.74, 6) is 0.204. The number of para-hydroxylation sites is 1. The first-order chi connectivity index (χ1) is 7.98. The van der Waals surface area contributed by atoms with Gasteiger partial charge in [-0.2, -0.15) is 13.2 Å². The Morgan fingerprint density at radius 2 is 1.94 bits per heavy atom. The molecule has 1 aliphatic rings. The Hall–Kier alpha value is -1.23. The molecule has 1 aromatic rings. The molecule has 0 amide bonds. The molecule has 1 aliphatic heterocycles. The fraction of sp³-hybridized carbons (Fsp3) is 0.500. The summed E-state index contributed by atoms with van der Waals surface area (Å²) in [6, 6.07) is 5.33. The molecule has 1 saturated heterocycles. The van der Waals surface area contributed by atoms with E-state index in [0.29, 0.717) is 0 Å². The van der Waals surface area contributed by atoms with E-state index in [9.17, 15) is 13.2 Å². The number of hydrogen-bond acceptors (Lipinski definition) is 2. The molecular formula is C12H14F3NO. The molecule has 2 rings (SSSR count). The van der Waals surface area contributed by atoms with Gasteiger partial charge in [0.15, 0.2) is 0 Å². The normalized spacial score (nSPS) is 18.6. The fourth-order valence-corrected chi connectivity index (χ4v) is 1.74. The van der Waals surface area contributed by atoms with Crippen molar-refractivity contribution in [2.24, 2.45) is 5.92 Å². The molecule has 1 N–H and O–H groups in total. The Morgan fingerprint density at radius 1 is 1.29 bits per heavy atom. The Morgan fingerprint density at radius 3 is 2.47 bits per heavy atom. The fourth-order valence-electron chi connectivity index (χ4n) is 1.74. The van der Waals surface area contributed by atoms with Crippen LogP contribution in [0.2, 0.25) is 0 Å². The van der Waals surface area contributed by atoms with Crippen LogP contribution < -0.4 is 10.1 Å². The molecule has 94 valence electrons. The highest BCUT2D eigenvalue weighted by Crippen LogP contribution is 2.36. The number of rotatable bonds is 3. The standard InChI is InChI=1S/C12H14F3NO/c1-8(9-6-16-7-9)17-11-5-3-2-4-10(11)12(13,14)15/h2-5,8-9,16H,6-7H2,1H3. The van der Waals surface area contributed by atoms with Crippen LogP contribution in [0.3, 0.4) is 0 Å². The van der Waals surface area contributed by atoms with Crippen LogP contribution in [0.1, 0.15) is 12.5 Å². The minimum Gasteiger partial charge on any atom is -0.490 e. The first-order valence-corrected chi connectivity index (χ1v) is 5.52. The lowest BCUT2D eigenvalue weighted by molar-refractivity contribution is -0.139. The second-order valence-electron chi connectivity index (χ2n) is 4.24. The second-order valence-corrected chi connectivity index (χ2v) is 4.24. The predicted octanol–water partition coefficient (Wildman–Crippen LogP) is 2.69. The third kappa shape index (κ3) is 2.72. The molecule has 1 atom stereocenters. The summed E-state index contributed by atoms with van der Waals surface area (Å²) in [6.07, 6.45) is -4.58. The summed E-state index contributed by atoms with van der Waals surface area (Å²) in [5.41, 5.74) is -0.709. The number of ether oxygens (including phenoxy) is 1. The van der Waals surface area contributed by atoms with Gasteiger partial charge < -0.3 is 10.1 Å². The predicted molar refractivity (Wildman–Crippen MR) is 57.9 cm³/mol. The highest BCUT2D eigenvalue weighted by molar-refractivity contribution is 5.35. The van der Waals surface area contributed by atoms with Crippen molar-refractivity contribution in [2.75, 3.05) is 13.1 Å². The van der Waals surface area contributed by atoms with Crippen LogP contribution in [0.25, 0.3) is 0 Å². The largest absolute Gasteiger partial charge is 0.490 e. The summed E-state index contributed by atoms with van der Waals surface area (Å²) in [7, 11) is 0.